The minimum atomic E-state index is -0.234. The van der Waals surface area contributed by atoms with Crippen molar-refractivity contribution in [2.75, 3.05) is 36.0 Å². The summed E-state index contributed by atoms with van der Waals surface area (Å²) >= 11 is 0. The third kappa shape index (κ3) is 4.37. The molecule has 0 saturated carbocycles. The second-order valence-electron chi connectivity index (χ2n) is 7.74. The zero-order valence-corrected chi connectivity index (χ0v) is 16.0. The van der Waals surface area contributed by atoms with Crippen LogP contribution in [-0.4, -0.2) is 38.0 Å². The lowest BCUT2D eigenvalue weighted by molar-refractivity contribution is -0.126. The van der Waals surface area contributed by atoms with Gasteiger partial charge in [0.25, 0.3) is 0 Å². The van der Waals surface area contributed by atoms with Crippen LogP contribution in [0, 0.1) is 11.8 Å². The van der Waals surface area contributed by atoms with Crippen molar-refractivity contribution in [3.05, 3.63) is 24.3 Å². The quantitative estimate of drug-likeness (QED) is 0.796. The molecule has 2 heterocycles. The van der Waals surface area contributed by atoms with E-state index in [-0.39, 0.29) is 17.7 Å². The molecule has 0 radical (unpaired) electrons. The number of hydrogen-bond acceptors (Lipinski definition) is 3. The number of carbonyl (C=O) groups excluding carboxylic acids is 2. The van der Waals surface area contributed by atoms with E-state index in [4.69, 9.17) is 0 Å². The van der Waals surface area contributed by atoms with Crippen LogP contribution >= 0.6 is 0 Å². The van der Waals surface area contributed by atoms with Crippen LogP contribution in [0.4, 0.5) is 11.4 Å². The molecule has 0 aromatic heterocycles. The second kappa shape index (κ2) is 8.56. The Morgan fingerprint density at radius 2 is 1.81 bits per heavy atom. The molecule has 2 aliphatic heterocycles. The summed E-state index contributed by atoms with van der Waals surface area (Å²) in [5.74, 6) is 0.629. The van der Waals surface area contributed by atoms with Crippen molar-refractivity contribution in [3.63, 3.8) is 0 Å². The third-order valence-corrected chi connectivity index (χ3v) is 5.64. The summed E-state index contributed by atoms with van der Waals surface area (Å²) in [6.45, 7) is 7.79. The van der Waals surface area contributed by atoms with Gasteiger partial charge in [-0.2, -0.15) is 0 Å². The molecule has 0 bridgehead atoms. The molecule has 2 fully saturated rings. The van der Waals surface area contributed by atoms with E-state index in [1.165, 1.54) is 18.5 Å². The maximum atomic E-state index is 12.4. The molecule has 1 aromatic rings. The van der Waals surface area contributed by atoms with E-state index in [9.17, 15) is 9.59 Å². The Balaban J connectivity index is 1.58. The summed E-state index contributed by atoms with van der Waals surface area (Å²) in [6, 6.07) is 8.24. The SMILES string of the molecule is CCCCNC(=O)C1CC(=O)N(c2ccc(N3CCC(C)CC3)cc2)C1. The fraction of sp³-hybridized carbons (Fsp3) is 0.619. The van der Waals surface area contributed by atoms with E-state index < -0.39 is 0 Å². The minimum Gasteiger partial charge on any atom is -0.372 e. The fourth-order valence-corrected chi connectivity index (χ4v) is 3.78. The average molecular weight is 357 g/mol. The van der Waals surface area contributed by atoms with Crippen LogP contribution in [0.15, 0.2) is 24.3 Å². The van der Waals surface area contributed by atoms with Crippen LogP contribution in [0.25, 0.3) is 0 Å². The van der Waals surface area contributed by atoms with E-state index >= 15 is 0 Å². The highest BCUT2D eigenvalue weighted by Crippen LogP contribution is 2.29. The van der Waals surface area contributed by atoms with Gasteiger partial charge < -0.3 is 15.1 Å². The molecule has 1 aromatic carbocycles. The van der Waals surface area contributed by atoms with Gasteiger partial charge in [0.1, 0.15) is 0 Å². The Hall–Kier alpha value is -2.04. The van der Waals surface area contributed by atoms with Crippen LogP contribution in [0.3, 0.4) is 0 Å². The number of rotatable bonds is 6. The zero-order chi connectivity index (χ0) is 18.5. The largest absolute Gasteiger partial charge is 0.372 e. The van der Waals surface area contributed by atoms with Gasteiger partial charge in [-0.1, -0.05) is 20.3 Å². The van der Waals surface area contributed by atoms with Crippen LogP contribution in [-0.2, 0) is 9.59 Å². The van der Waals surface area contributed by atoms with Crippen molar-refractivity contribution in [1.82, 2.24) is 5.32 Å². The summed E-state index contributed by atoms with van der Waals surface area (Å²) < 4.78 is 0. The topological polar surface area (TPSA) is 52.7 Å². The van der Waals surface area contributed by atoms with Crippen LogP contribution in [0.2, 0.25) is 0 Å². The van der Waals surface area contributed by atoms with E-state index in [0.717, 1.165) is 37.5 Å². The first-order chi connectivity index (χ1) is 12.6. The summed E-state index contributed by atoms with van der Waals surface area (Å²) in [6.07, 6.45) is 4.82. The van der Waals surface area contributed by atoms with Crippen LogP contribution < -0.4 is 15.1 Å². The van der Waals surface area contributed by atoms with Crippen molar-refractivity contribution >= 4 is 23.2 Å². The van der Waals surface area contributed by atoms with Gasteiger partial charge >= 0.3 is 0 Å². The molecule has 1 unspecified atom stereocenters. The number of unbranched alkanes of at least 4 members (excludes halogenated alkanes) is 1. The van der Waals surface area contributed by atoms with Gasteiger partial charge in [0.15, 0.2) is 0 Å². The van der Waals surface area contributed by atoms with Gasteiger partial charge in [0.2, 0.25) is 11.8 Å². The average Bonchev–Trinajstić information content (AvgIpc) is 3.04. The lowest BCUT2D eigenvalue weighted by Gasteiger charge is -2.32. The lowest BCUT2D eigenvalue weighted by atomic mass is 9.99. The van der Waals surface area contributed by atoms with Gasteiger partial charge in [-0.3, -0.25) is 9.59 Å². The van der Waals surface area contributed by atoms with E-state index in [1.807, 2.05) is 12.1 Å². The molecule has 1 atom stereocenters. The zero-order valence-electron chi connectivity index (χ0n) is 16.0. The monoisotopic (exact) mass is 357 g/mol. The number of carbonyl (C=O) groups is 2. The number of benzene rings is 1. The predicted octanol–water partition coefficient (Wildman–Crippen LogP) is 3.19. The summed E-state index contributed by atoms with van der Waals surface area (Å²) in [4.78, 5) is 28.8. The van der Waals surface area contributed by atoms with Gasteiger partial charge in [-0.15, -0.1) is 0 Å². The summed E-state index contributed by atoms with van der Waals surface area (Å²) in [5, 5.41) is 2.95. The van der Waals surface area contributed by atoms with Gasteiger partial charge in [0.05, 0.1) is 5.92 Å². The first-order valence-electron chi connectivity index (χ1n) is 10.0. The van der Waals surface area contributed by atoms with E-state index in [1.54, 1.807) is 4.90 Å². The predicted molar refractivity (Wildman–Crippen MR) is 105 cm³/mol. The molecule has 2 saturated heterocycles. The molecule has 5 nitrogen and oxygen atoms in total. The molecule has 26 heavy (non-hydrogen) atoms. The Morgan fingerprint density at radius 1 is 1.15 bits per heavy atom. The Kier molecular flexibility index (Phi) is 6.17. The molecular formula is C21H31N3O2. The van der Waals surface area contributed by atoms with E-state index in [0.29, 0.717) is 19.5 Å². The van der Waals surface area contributed by atoms with Gasteiger partial charge in [0, 0.05) is 44.0 Å². The summed E-state index contributed by atoms with van der Waals surface area (Å²) in [5.41, 5.74) is 2.12. The molecule has 2 amide bonds. The fourth-order valence-electron chi connectivity index (χ4n) is 3.78. The standard InChI is InChI=1S/C21H31N3O2/c1-3-4-11-22-21(26)17-14-20(25)24(15-17)19-7-5-18(6-8-19)23-12-9-16(2)10-13-23/h5-8,16-17H,3-4,9-15H2,1-2H3,(H,22,26). The number of nitrogens with zero attached hydrogens (tertiary/aromatic N) is 2. The maximum absolute atomic E-state index is 12.4. The highest BCUT2D eigenvalue weighted by Gasteiger charge is 2.35. The normalized spacial score (nSPS) is 21.3. The van der Waals surface area contributed by atoms with Crippen LogP contribution in [0.1, 0.15) is 46.0 Å². The molecule has 5 heteroatoms. The molecule has 1 N–H and O–H groups in total. The number of piperidine rings is 1. The third-order valence-electron chi connectivity index (χ3n) is 5.64. The highest BCUT2D eigenvalue weighted by molar-refractivity contribution is 6.00. The van der Waals surface area contributed by atoms with Gasteiger partial charge in [-0.25, -0.2) is 0 Å². The maximum Gasteiger partial charge on any atom is 0.227 e. The first-order valence-corrected chi connectivity index (χ1v) is 10.0. The van der Waals surface area contributed by atoms with Crippen molar-refractivity contribution < 1.29 is 9.59 Å². The van der Waals surface area contributed by atoms with E-state index in [2.05, 4.69) is 36.2 Å². The summed E-state index contributed by atoms with van der Waals surface area (Å²) in [7, 11) is 0. The first kappa shape index (κ1) is 18.7. The molecular weight excluding hydrogens is 326 g/mol. The van der Waals surface area contributed by atoms with Crippen molar-refractivity contribution in [1.29, 1.82) is 0 Å². The lowest BCUT2D eigenvalue weighted by Crippen LogP contribution is -2.33. The number of hydrogen-bond donors (Lipinski definition) is 1. The Labute approximate surface area is 156 Å². The molecule has 0 spiro atoms. The highest BCUT2D eigenvalue weighted by atomic mass is 16.2. The molecule has 0 aliphatic carbocycles. The molecule has 2 aliphatic rings. The Morgan fingerprint density at radius 3 is 2.46 bits per heavy atom. The Bertz CT molecular complexity index is 621. The molecule has 3 rings (SSSR count). The number of amides is 2. The van der Waals surface area contributed by atoms with Gasteiger partial charge in [-0.05, 0) is 49.4 Å². The number of anilines is 2. The smallest absolute Gasteiger partial charge is 0.227 e. The van der Waals surface area contributed by atoms with Crippen molar-refractivity contribution in [2.45, 2.75) is 46.0 Å². The van der Waals surface area contributed by atoms with Crippen molar-refractivity contribution in [2.24, 2.45) is 11.8 Å². The molecule has 142 valence electrons. The number of nitrogens with one attached hydrogen (secondary N) is 1. The minimum absolute atomic E-state index is 0.00774. The van der Waals surface area contributed by atoms with Crippen LogP contribution in [0.5, 0.6) is 0 Å². The van der Waals surface area contributed by atoms with Crippen molar-refractivity contribution in [3.8, 4) is 0 Å². The second-order valence-corrected chi connectivity index (χ2v) is 7.74.